The van der Waals surface area contributed by atoms with Crippen molar-refractivity contribution in [3.05, 3.63) is 83.9 Å². The molecule has 0 saturated carbocycles. The van der Waals surface area contributed by atoms with Gasteiger partial charge in [0, 0.05) is 12.1 Å². The van der Waals surface area contributed by atoms with E-state index >= 15 is 0 Å². The molecule has 3 aromatic carbocycles. The predicted octanol–water partition coefficient (Wildman–Crippen LogP) is 5.23. The van der Waals surface area contributed by atoms with Crippen molar-refractivity contribution in [2.75, 3.05) is 11.9 Å². The Balaban J connectivity index is 1.62. The smallest absolute Gasteiger partial charge is 0.305 e. The molecule has 0 aliphatic heterocycles. The molecule has 4 N–H and O–H groups in total. The number of amides is 1. The lowest BCUT2D eigenvalue weighted by molar-refractivity contribution is -0.140. The van der Waals surface area contributed by atoms with Gasteiger partial charge in [0.25, 0.3) is 0 Å². The number of carboxylic acids is 1. The van der Waals surface area contributed by atoms with E-state index in [2.05, 4.69) is 41.7 Å². The maximum atomic E-state index is 12.4. The number of anilines is 1. The molecule has 0 unspecified atom stereocenters. The first-order valence-electron chi connectivity index (χ1n) is 11.4. The highest BCUT2D eigenvalue weighted by Crippen LogP contribution is 2.30. The summed E-state index contributed by atoms with van der Waals surface area (Å²) in [6.45, 7) is 6.03. The van der Waals surface area contributed by atoms with E-state index in [0.717, 1.165) is 17.7 Å². The average molecular weight is 461 g/mol. The molecule has 34 heavy (non-hydrogen) atoms. The molecule has 0 heterocycles. The van der Waals surface area contributed by atoms with Crippen LogP contribution in [0.3, 0.4) is 0 Å². The number of aliphatic carboxylic acids is 1. The van der Waals surface area contributed by atoms with Gasteiger partial charge in [-0.3, -0.25) is 9.59 Å². The summed E-state index contributed by atoms with van der Waals surface area (Å²) in [5, 5.41) is 11.7. The van der Waals surface area contributed by atoms with Gasteiger partial charge in [0.05, 0.1) is 13.0 Å². The Labute approximate surface area is 200 Å². The minimum Gasteiger partial charge on any atom is -0.493 e. The molecule has 0 radical (unpaired) electrons. The first-order valence-corrected chi connectivity index (χ1v) is 11.4. The lowest BCUT2D eigenvalue weighted by atomic mass is 9.97. The average Bonchev–Trinajstić information content (AvgIpc) is 2.80. The molecule has 6 nitrogen and oxygen atoms in total. The van der Waals surface area contributed by atoms with Crippen LogP contribution in [0.5, 0.6) is 5.75 Å². The Bertz CT molecular complexity index is 1120. The molecule has 0 bridgehead atoms. The van der Waals surface area contributed by atoms with E-state index in [0.29, 0.717) is 12.3 Å². The van der Waals surface area contributed by atoms with Gasteiger partial charge in [-0.25, -0.2) is 0 Å². The van der Waals surface area contributed by atoms with Gasteiger partial charge in [-0.15, -0.1) is 0 Å². The van der Waals surface area contributed by atoms with Gasteiger partial charge in [-0.05, 0) is 53.3 Å². The van der Waals surface area contributed by atoms with Crippen LogP contribution in [0.1, 0.15) is 44.2 Å². The van der Waals surface area contributed by atoms with Crippen LogP contribution in [0.25, 0.3) is 11.1 Å². The lowest BCUT2D eigenvalue weighted by Crippen LogP contribution is -2.49. The van der Waals surface area contributed by atoms with Crippen molar-refractivity contribution in [1.29, 1.82) is 0 Å². The normalized spacial score (nSPS) is 12.7. The van der Waals surface area contributed by atoms with Crippen LogP contribution in [0.4, 0.5) is 5.69 Å². The number of nitrogens with one attached hydrogen (secondary N) is 1. The summed E-state index contributed by atoms with van der Waals surface area (Å²) < 4.78 is 6.08. The number of rotatable bonds is 10. The Kier molecular flexibility index (Phi) is 8.08. The first-order chi connectivity index (χ1) is 16.2. The molecule has 6 heteroatoms. The van der Waals surface area contributed by atoms with Crippen LogP contribution in [-0.2, 0) is 16.0 Å². The number of carboxylic acid groups (broad SMARTS) is 1. The molecule has 0 saturated heterocycles. The van der Waals surface area contributed by atoms with Crippen LogP contribution >= 0.6 is 0 Å². The summed E-state index contributed by atoms with van der Waals surface area (Å²) in [4.78, 5) is 23.4. The zero-order valence-corrected chi connectivity index (χ0v) is 19.9. The van der Waals surface area contributed by atoms with Crippen molar-refractivity contribution in [3.8, 4) is 16.9 Å². The molecule has 0 aromatic heterocycles. The molecule has 3 aromatic rings. The van der Waals surface area contributed by atoms with Gasteiger partial charge in [0.2, 0.25) is 5.91 Å². The Morgan fingerprint density at radius 3 is 2.26 bits per heavy atom. The maximum Gasteiger partial charge on any atom is 0.305 e. The Hall–Kier alpha value is -3.64. The van der Waals surface area contributed by atoms with Gasteiger partial charge in [0.1, 0.15) is 11.3 Å². The van der Waals surface area contributed by atoms with Crippen LogP contribution in [-0.4, -0.2) is 29.1 Å². The largest absolute Gasteiger partial charge is 0.493 e. The van der Waals surface area contributed by atoms with E-state index in [9.17, 15) is 9.59 Å². The van der Waals surface area contributed by atoms with Crippen molar-refractivity contribution in [2.24, 2.45) is 5.73 Å². The van der Waals surface area contributed by atoms with E-state index in [1.54, 1.807) is 6.07 Å². The quantitative estimate of drug-likeness (QED) is 0.385. The molecule has 0 aliphatic rings. The van der Waals surface area contributed by atoms with Crippen LogP contribution in [0.15, 0.2) is 72.8 Å². The second-order valence-electron chi connectivity index (χ2n) is 9.01. The van der Waals surface area contributed by atoms with Crippen LogP contribution in [0, 0.1) is 0 Å². The highest BCUT2D eigenvalue weighted by molar-refractivity contribution is 5.99. The summed E-state index contributed by atoms with van der Waals surface area (Å²) in [5.74, 6) is -0.742. The van der Waals surface area contributed by atoms with E-state index in [1.165, 1.54) is 23.6 Å². The molecule has 3 rings (SSSR count). The molecular formula is C28H32N2O4. The topological polar surface area (TPSA) is 102 Å². The molecule has 1 amide bonds. The number of hydrogen-bond donors (Lipinski definition) is 3. The molecule has 1 atom stereocenters. The summed E-state index contributed by atoms with van der Waals surface area (Å²) in [6.07, 6.45) is 0.315. The summed E-state index contributed by atoms with van der Waals surface area (Å²) in [5.41, 5.74) is 9.45. The highest BCUT2D eigenvalue weighted by atomic mass is 16.5. The van der Waals surface area contributed by atoms with Crippen molar-refractivity contribution in [3.63, 3.8) is 0 Å². The highest BCUT2D eigenvalue weighted by Gasteiger charge is 2.31. The summed E-state index contributed by atoms with van der Waals surface area (Å²) in [7, 11) is 0. The molecule has 0 fully saturated rings. The van der Waals surface area contributed by atoms with E-state index in [4.69, 9.17) is 15.6 Å². The maximum absolute atomic E-state index is 12.4. The fourth-order valence-corrected chi connectivity index (χ4v) is 3.65. The first kappa shape index (κ1) is 25.0. The van der Waals surface area contributed by atoms with Crippen LogP contribution < -0.4 is 15.8 Å². The molecule has 0 spiro atoms. The predicted molar refractivity (Wildman–Crippen MR) is 135 cm³/mol. The van der Waals surface area contributed by atoms with E-state index < -0.39 is 23.8 Å². The van der Waals surface area contributed by atoms with Gasteiger partial charge < -0.3 is 20.9 Å². The third kappa shape index (κ3) is 6.68. The zero-order valence-electron chi connectivity index (χ0n) is 19.9. The standard InChI is InChI=1S/C28H32N2O4/c1-19(2)24-17-23(30-27(33)28(3,29)18-26(31)32)13-14-25(24)34-16-15-20-9-11-22(12-10-20)21-7-5-4-6-8-21/h4-14,17,19H,15-16,18,29H2,1-3H3,(H,30,33)(H,31,32)/t28-/m0/s1. The lowest BCUT2D eigenvalue weighted by Gasteiger charge is -2.22. The number of ether oxygens (including phenoxy) is 1. The van der Waals surface area contributed by atoms with Gasteiger partial charge in [-0.1, -0.05) is 68.4 Å². The zero-order chi connectivity index (χ0) is 24.7. The number of benzene rings is 3. The van der Waals surface area contributed by atoms with Crippen molar-refractivity contribution < 1.29 is 19.4 Å². The minimum absolute atomic E-state index is 0.167. The molecule has 0 aliphatic carbocycles. The third-order valence-electron chi connectivity index (χ3n) is 5.64. The van der Waals surface area contributed by atoms with Gasteiger partial charge in [0.15, 0.2) is 0 Å². The van der Waals surface area contributed by atoms with Crippen LogP contribution in [0.2, 0.25) is 0 Å². The summed E-state index contributed by atoms with van der Waals surface area (Å²) >= 11 is 0. The van der Waals surface area contributed by atoms with E-state index in [1.807, 2.05) is 44.2 Å². The summed E-state index contributed by atoms with van der Waals surface area (Å²) in [6, 6.07) is 24.2. The van der Waals surface area contributed by atoms with Gasteiger partial charge in [-0.2, -0.15) is 0 Å². The Morgan fingerprint density at radius 2 is 1.65 bits per heavy atom. The number of nitrogens with two attached hydrogens (primary N) is 1. The van der Waals surface area contributed by atoms with Gasteiger partial charge >= 0.3 is 5.97 Å². The molecular weight excluding hydrogens is 428 g/mol. The minimum atomic E-state index is -1.50. The number of carbonyl (C=O) groups is 2. The SMILES string of the molecule is CC(C)c1cc(NC(=O)[C@@](C)(N)CC(=O)O)ccc1OCCc1ccc(-c2ccccc2)cc1. The van der Waals surface area contributed by atoms with E-state index in [-0.39, 0.29) is 5.92 Å². The van der Waals surface area contributed by atoms with Crippen molar-refractivity contribution >= 4 is 17.6 Å². The number of carbonyl (C=O) groups excluding carboxylic acids is 1. The van der Waals surface area contributed by atoms with Crippen molar-refractivity contribution in [1.82, 2.24) is 0 Å². The number of hydrogen-bond acceptors (Lipinski definition) is 4. The fourth-order valence-electron chi connectivity index (χ4n) is 3.65. The third-order valence-corrected chi connectivity index (χ3v) is 5.64. The van der Waals surface area contributed by atoms with Crippen molar-refractivity contribution in [2.45, 2.75) is 45.1 Å². The second kappa shape index (κ2) is 11.0. The fraction of sp³-hybridized carbons (Fsp3) is 0.286. The second-order valence-corrected chi connectivity index (χ2v) is 9.01. The Morgan fingerprint density at radius 1 is 1.00 bits per heavy atom. The molecule has 178 valence electrons. The monoisotopic (exact) mass is 460 g/mol.